The summed E-state index contributed by atoms with van der Waals surface area (Å²) < 4.78 is 0. The Balaban J connectivity index is 2.39. The van der Waals surface area contributed by atoms with Crippen LogP contribution in [0.2, 0.25) is 5.02 Å². The maximum absolute atomic E-state index is 11.3. The number of anilines is 1. The van der Waals surface area contributed by atoms with Crippen molar-refractivity contribution in [2.45, 2.75) is 9.92 Å². The third kappa shape index (κ3) is 2.75. The number of primary amides is 1. The lowest BCUT2D eigenvalue weighted by atomic mass is 10.2. The lowest BCUT2D eigenvalue weighted by molar-refractivity contribution is 0.0997. The van der Waals surface area contributed by atoms with Crippen LogP contribution in [0.15, 0.2) is 46.5 Å². The summed E-state index contributed by atoms with van der Waals surface area (Å²) in [4.78, 5) is 16.1. The van der Waals surface area contributed by atoms with Crippen LogP contribution in [0.3, 0.4) is 0 Å². The Kier molecular flexibility index (Phi) is 3.74. The van der Waals surface area contributed by atoms with Gasteiger partial charge in [-0.1, -0.05) is 29.4 Å². The number of nitrogens with two attached hydrogens (primary N) is 2. The van der Waals surface area contributed by atoms with Crippen molar-refractivity contribution in [2.24, 2.45) is 5.73 Å². The van der Waals surface area contributed by atoms with E-state index in [2.05, 4.69) is 4.98 Å². The summed E-state index contributed by atoms with van der Waals surface area (Å²) in [6, 6.07) is 8.51. The van der Waals surface area contributed by atoms with Gasteiger partial charge < -0.3 is 11.5 Å². The zero-order chi connectivity index (χ0) is 13.1. The van der Waals surface area contributed by atoms with Crippen LogP contribution in [0.5, 0.6) is 0 Å². The average molecular weight is 280 g/mol. The minimum absolute atomic E-state index is 0.386. The van der Waals surface area contributed by atoms with Crippen molar-refractivity contribution in [1.82, 2.24) is 4.98 Å². The van der Waals surface area contributed by atoms with Crippen molar-refractivity contribution in [3.63, 3.8) is 0 Å². The van der Waals surface area contributed by atoms with Crippen LogP contribution in [-0.4, -0.2) is 10.9 Å². The number of rotatable bonds is 3. The molecule has 4 nitrogen and oxygen atoms in total. The van der Waals surface area contributed by atoms with Gasteiger partial charge in [-0.2, -0.15) is 0 Å². The summed E-state index contributed by atoms with van der Waals surface area (Å²) in [6.07, 6.45) is 1.53. The van der Waals surface area contributed by atoms with Crippen molar-refractivity contribution in [1.29, 1.82) is 0 Å². The molecule has 0 aliphatic heterocycles. The molecule has 1 amide bonds. The van der Waals surface area contributed by atoms with Gasteiger partial charge in [0.05, 0.1) is 10.6 Å². The molecule has 0 spiro atoms. The van der Waals surface area contributed by atoms with Gasteiger partial charge in [0.1, 0.15) is 5.03 Å². The number of nitrogens with zero attached hydrogens (tertiary/aromatic N) is 1. The molecule has 2 rings (SSSR count). The molecule has 0 fully saturated rings. The van der Waals surface area contributed by atoms with E-state index in [-0.39, 0.29) is 0 Å². The molecule has 4 N–H and O–H groups in total. The Bertz CT molecular complexity index is 586. The van der Waals surface area contributed by atoms with E-state index in [1.165, 1.54) is 18.0 Å². The van der Waals surface area contributed by atoms with Crippen molar-refractivity contribution in [3.05, 3.63) is 47.1 Å². The Labute approximate surface area is 113 Å². The van der Waals surface area contributed by atoms with Crippen LogP contribution in [0, 0.1) is 0 Å². The molecule has 0 bridgehead atoms. The van der Waals surface area contributed by atoms with Gasteiger partial charge in [-0.05, 0) is 24.3 Å². The molecule has 1 aromatic carbocycles. The van der Waals surface area contributed by atoms with E-state index in [4.69, 9.17) is 23.1 Å². The van der Waals surface area contributed by atoms with Crippen LogP contribution in [0.25, 0.3) is 0 Å². The van der Waals surface area contributed by atoms with Gasteiger partial charge >= 0.3 is 0 Å². The van der Waals surface area contributed by atoms with E-state index in [1.807, 2.05) is 0 Å². The Morgan fingerprint density at radius 3 is 2.67 bits per heavy atom. The molecule has 0 radical (unpaired) electrons. The first-order valence-corrected chi connectivity index (χ1v) is 6.25. The van der Waals surface area contributed by atoms with E-state index < -0.39 is 5.91 Å². The molecule has 0 saturated carbocycles. The highest BCUT2D eigenvalue weighted by Crippen LogP contribution is 2.33. The fourth-order valence-corrected chi connectivity index (χ4v) is 2.42. The van der Waals surface area contributed by atoms with Crippen LogP contribution >= 0.6 is 23.4 Å². The van der Waals surface area contributed by atoms with E-state index in [1.54, 1.807) is 30.3 Å². The first-order valence-electron chi connectivity index (χ1n) is 5.05. The van der Waals surface area contributed by atoms with Crippen LogP contribution in [0.1, 0.15) is 10.4 Å². The van der Waals surface area contributed by atoms with E-state index in [9.17, 15) is 4.79 Å². The van der Waals surface area contributed by atoms with Gasteiger partial charge in [0.25, 0.3) is 0 Å². The molecule has 0 saturated heterocycles. The molecule has 0 aliphatic carbocycles. The molecule has 2 aromatic rings. The second kappa shape index (κ2) is 5.29. The van der Waals surface area contributed by atoms with Gasteiger partial charge in [-0.3, -0.25) is 4.79 Å². The standard InChI is InChI=1S/C12H10ClN3OS/c13-7-4-5-10(16-6-7)18-11-8(12(15)17)2-1-3-9(11)14/h1-6H,14H2,(H2,15,17). The second-order valence-electron chi connectivity index (χ2n) is 3.50. The van der Waals surface area contributed by atoms with Gasteiger partial charge in [0.15, 0.2) is 0 Å². The van der Waals surface area contributed by atoms with Gasteiger partial charge in [0, 0.05) is 16.8 Å². The van der Waals surface area contributed by atoms with Crippen LogP contribution in [-0.2, 0) is 0 Å². The van der Waals surface area contributed by atoms with E-state index in [0.29, 0.717) is 26.2 Å². The number of hydrogen-bond donors (Lipinski definition) is 2. The average Bonchev–Trinajstić information content (AvgIpc) is 2.34. The van der Waals surface area contributed by atoms with E-state index >= 15 is 0 Å². The highest BCUT2D eigenvalue weighted by atomic mass is 35.5. The lowest BCUT2D eigenvalue weighted by Gasteiger charge is -2.08. The van der Waals surface area contributed by atoms with Crippen molar-refractivity contribution >= 4 is 35.0 Å². The summed E-state index contributed by atoms with van der Waals surface area (Å²) in [5, 5.41) is 1.25. The largest absolute Gasteiger partial charge is 0.398 e. The highest BCUT2D eigenvalue weighted by molar-refractivity contribution is 7.99. The molecule has 18 heavy (non-hydrogen) atoms. The minimum atomic E-state index is -0.515. The fraction of sp³-hybridized carbons (Fsp3) is 0. The molecular weight excluding hydrogens is 270 g/mol. The van der Waals surface area contributed by atoms with Crippen LogP contribution in [0.4, 0.5) is 5.69 Å². The summed E-state index contributed by atoms with van der Waals surface area (Å²) in [7, 11) is 0. The third-order valence-corrected chi connectivity index (χ3v) is 3.55. The number of pyridine rings is 1. The smallest absolute Gasteiger partial charge is 0.249 e. The predicted molar refractivity (Wildman–Crippen MR) is 72.7 cm³/mol. The molecular formula is C12H10ClN3OS. The highest BCUT2D eigenvalue weighted by Gasteiger charge is 2.12. The molecule has 1 aromatic heterocycles. The monoisotopic (exact) mass is 279 g/mol. The van der Waals surface area contributed by atoms with Gasteiger partial charge in [-0.25, -0.2) is 4.98 Å². The zero-order valence-electron chi connectivity index (χ0n) is 9.26. The predicted octanol–water partition coefficient (Wildman–Crippen LogP) is 2.57. The van der Waals surface area contributed by atoms with Crippen LogP contribution < -0.4 is 11.5 Å². The Hall–Kier alpha value is -1.72. The topological polar surface area (TPSA) is 82.0 Å². The minimum Gasteiger partial charge on any atom is -0.398 e. The first-order chi connectivity index (χ1) is 8.58. The number of carbonyl (C=O) groups is 1. The molecule has 0 aliphatic rings. The maximum atomic E-state index is 11.3. The van der Waals surface area contributed by atoms with Gasteiger partial charge in [0.2, 0.25) is 5.91 Å². The maximum Gasteiger partial charge on any atom is 0.249 e. The summed E-state index contributed by atoms with van der Waals surface area (Å²) >= 11 is 7.04. The fourth-order valence-electron chi connectivity index (χ4n) is 1.39. The van der Waals surface area contributed by atoms with Gasteiger partial charge in [-0.15, -0.1) is 0 Å². The number of carbonyl (C=O) groups excluding carboxylic acids is 1. The number of benzene rings is 1. The molecule has 92 valence electrons. The van der Waals surface area contributed by atoms with Crippen molar-refractivity contribution < 1.29 is 4.79 Å². The molecule has 6 heteroatoms. The quantitative estimate of drug-likeness (QED) is 0.846. The first kappa shape index (κ1) is 12.7. The van der Waals surface area contributed by atoms with Crippen molar-refractivity contribution in [2.75, 3.05) is 5.73 Å². The second-order valence-corrected chi connectivity index (χ2v) is 4.97. The summed E-state index contributed by atoms with van der Waals surface area (Å²) in [5.41, 5.74) is 12.0. The normalized spacial score (nSPS) is 10.3. The molecule has 0 unspecified atom stereocenters. The number of aromatic nitrogens is 1. The molecule has 1 heterocycles. The summed E-state index contributed by atoms with van der Waals surface area (Å²) in [6.45, 7) is 0. The summed E-state index contributed by atoms with van der Waals surface area (Å²) in [5.74, 6) is -0.515. The number of nitrogen functional groups attached to an aromatic ring is 1. The number of amides is 1. The van der Waals surface area contributed by atoms with E-state index in [0.717, 1.165) is 0 Å². The Morgan fingerprint density at radius 2 is 2.06 bits per heavy atom. The zero-order valence-corrected chi connectivity index (χ0v) is 10.8. The third-order valence-electron chi connectivity index (χ3n) is 2.22. The Morgan fingerprint density at radius 1 is 1.28 bits per heavy atom. The molecule has 0 atom stereocenters. The number of hydrogen-bond acceptors (Lipinski definition) is 4. The van der Waals surface area contributed by atoms with Crippen molar-refractivity contribution in [3.8, 4) is 0 Å². The SMILES string of the molecule is NC(=O)c1cccc(N)c1Sc1ccc(Cl)cn1. The number of halogens is 1. The lowest BCUT2D eigenvalue weighted by Crippen LogP contribution is -2.13.